The van der Waals surface area contributed by atoms with Crippen LogP contribution in [0.15, 0.2) is 53.0 Å². The average molecular weight is 398 g/mol. The molecule has 0 spiro atoms. The molecule has 1 atom stereocenters. The number of phenolic OH excluding ortho intramolecular Hbond substituents is 1. The lowest BCUT2D eigenvalue weighted by Crippen LogP contribution is -2.23. The summed E-state index contributed by atoms with van der Waals surface area (Å²) in [6.45, 7) is 0. The fourth-order valence-corrected chi connectivity index (χ4v) is 4.07. The number of nitrogens with one attached hydrogen (secondary N) is 1. The van der Waals surface area contributed by atoms with Gasteiger partial charge in [0, 0.05) is 22.2 Å². The molecule has 0 saturated carbocycles. The highest BCUT2D eigenvalue weighted by molar-refractivity contribution is 9.10. The molecule has 3 aromatic rings. The van der Waals surface area contributed by atoms with E-state index >= 15 is 0 Å². The number of anilines is 1. The second-order valence-corrected chi connectivity index (χ2v) is 6.96. The van der Waals surface area contributed by atoms with Gasteiger partial charge in [0.1, 0.15) is 0 Å². The molecule has 3 aromatic carbocycles. The van der Waals surface area contributed by atoms with Gasteiger partial charge in [0.05, 0.1) is 12.8 Å². The summed E-state index contributed by atoms with van der Waals surface area (Å²) in [7, 11) is 1.52. The molecular formula is C20H16BrNO3. The number of ether oxygens (including phenoxy) is 1. The Bertz CT molecular complexity index is 1000. The van der Waals surface area contributed by atoms with Gasteiger partial charge in [-0.2, -0.15) is 0 Å². The summed E-state index contributed by atoms with van der Waals surface area (Å²) in [4.78, 5) is 12.3. The minimum Gasteiger partial charge on any atom is -0.504 e. The van der Waals surface area contributed by atoms with Crippen LogP contribution < -0.4 is 10.1 Å². The summed E-state index contributed by atoms with van der Waals surface area (Å²) in [5.74, 6) is 0.345. The van der Waals surface area contributed by atoms with Gasteiger partial charge in [0.2, 0.25) is 5.91 Å². The number of phenols is 1. The van der Waals surface area contributed by atoms with Gasteiger partial charge >= 0.3 is 0 Å². The summed E-state index contributed by atoms with van der Waals surface area (Å²) in [6, 6.07) is 15.3. The van der Waals surface area contributed by atoms with E-state index in [9.17, 15) is 9.90 Å². The molecule has 5 heteroatoms. The van der Waals surface area contributed by atoms with E-state index in [1.54, 1.807) is 12.1 Å². The standard InChI is InChI=1S/C20H16BrNO3/c1-25-18-7-6-11(8-17(18)23)14-10-19(24)22-20-13-5-3-2-4-12(13)16(21)9-15(14)20/h2-9,14,23H,10H2,1H3,(H,22,24). The average Bonchev–Trinajstić information content (AvgIpc) is 2.62. The molecular weight excluding hydrogens is 382 g/mol. The van der Waals surface area contributed by atoms with Gasteiger partial charge in [-0.05, 0) is 34.7 Å². The number of rotatable bonds is 2. The number of carbonyl (C=O) groups excluding carboxylic acids is 1. The molecule has 0 saturated heterocycles. The number of amides is 1. The van der Waals surface area contributed by atoms with E-state index in [-0.39, 0.29) is 17.6 Å². The van der Waals surface area contributed by atoms with E-state index in [0.29, 0.717) is 12.2 Å². The van der Waals surface area contributed by atoms with E-state index in [1.807, 2.05) is 30.3 Å². The lowest BCUT2D eigenvalue weighted by Gasteiger charge is -2.28. The molecule has 0 aromatic heterocycles. The number of halogens is 1. The van der Waals surface area contributed by atoms with E-state index in [1.165, 1.54) is 7.11 Å². The zero-order chi connectivity index (χ0) is 17.6. The van der Waals surface area contributed by atoms with Crippen molar-refractivity contribution < 1.29 is 14.6 Å². The van der Waals surface area contributed by atoms with Crippen molar-refractivity contribution in [1.29, 1.82) is 0 Å². The quantitative estimate of drug-likeness (QED) is 0.653. The Labute approximate surface area is 153 Å². The molecule has 0 bridgehead atoms. The Balaban J connectivity index is 1.93. The fourth-order valence-electron chi connectivity index (χ4n) is 3.47. The Morgan fingerprint density at radius 1 is 1.16 bits per heavy atom. The highest BCUT2D eigenvalue weighted by atomic mass is 79.9. The monoisotopic (exact) mass is 397 g/mol. The number of fused-ring (bicyclic) bond motifs is 3. The molecule has 0 radical (unpaired) electrons. The molecule has 126 valence electrons. The van der Waals surface area contributed by atoms with Crippen molar-refractivity contribution in [1.82, 2.24) is 0 Å². The summed E-state index contributed by atoms with van der Waals surface area (Å²) in [5, 5.41) is 15.2. The van der Waals surface area contributed by atoms with Gasteiger partial charge in [-0.3, -0.25) is 4.79 Å². The van der Waals surface area contributed by atoms with Crippen LogP contribution in [0.2, 0.25) is 0 Å². The minimum absolute atomic E-state index is 0.0275. The third kappa shape index (κ3) is 2.65. The van der Waals surface area contributed by atoms with E-state index in [0.717, 1.165) is 32.1 Å². The molecule has 1 aliphatic heterocycles. The lowest BCUT2D eigenvalue weighted by molar-refractivity contribution is -0.116. The normalized spacial score (nSPS) is 16.4. The Hall–Kier alpha value is -2.53. The van der Waals surface area contributed by atoms with E-state index < -0.39 is 0 Å². The van der Waals surface area contributed by atoms with Crippen molar-refractivity contribution in [3.63, 3.8) is 0 Å². The molecule has 1 aliphatic rings. The molecule has 4 nitrogen and oxygen atoms in total. The maximum absolute atomic E-state index is 12.3. The van der Waals surface area contributed by atoms with Crippen LogP contribution in [0, 0.1) is 0 Å². The molecule has 1 amide bonds. The molecule has 1 unspecified atom stereocenters. The first kappa shape index (κ1) is 16.0. The van der Waals surface area contributed by atoms with Gasteiger partial charge in [0.15, 0.2) is 11.5 Å². The maximum atomic E-state index is 12.3. The summed E-state index contributed by atoms with van der Waals surface area (Å²) in [5.41, 5.74) is 2.77. The van der Waals surface area contributed by atoms with Crippen LogP contribution in [0.3, 0.4) is 0 Å². The van der Waals surface area contributed by atoms with Gasteiger partial charge < -0.3 is 15.2 Å². The van der Waals surface area contributed by atoms with Crippen molar-refractivity contribution in [2.45, 2.75) is 12.3 Å². The Morgan fingerprint density at radius 3 is 2.64 bits per heavy atom. The summed E-state index contributed by atoms with van der Waals surface area (Å²) < 4.78 is 6.10. The number of methoxy groups -OCH3 is 1. The topological polar surface area (TPSA) is 58.6 Å². The van der Waals surface area contributed by atoms with Crippen molar-refractivity contribution in [2.75, 3.05) is 12.4 Å². The second kappa shape index (κ2) is 6.08. The van der Waals surface area contributed by atoms with Crippen molar-refractivity contribution >= 4 is 38.3 Å². The van der Waals surface area contributed by atoms with Crippen LogP contribution in [-0.4, -0.2) is 18.1 Å². The van der Waals surface area contributed by atoms with Crippen LogP contribution in [0.4, 0.5) is 5.69 Å². The zero-order valence-corrected chi connectivity index (χ0v) is 15.1. The molecule has 4 rings (SSSR count). The third-order valence-electron chi connectivity index (χ3n) is 4.66. The van der Waals surface area contributed by atoms with Crippen molar-refractivity contribution in [3.8, 4) is 11.5 Å². The largest absolute Gasteiger partial charge is 0.504 e. The Morgan fingerprint density at radius 2 is 1.92 bits per heavy atom. The maximum Gasteiger partial charge on any atom is 0.225 e. The molecule has 1 heterocycles. The van der Waals surface area contributed by atoms with Gasteiger partial charge in [-0.25, -0.2) is 0 Å². The smallest absolute Gasteiger partial charge is 0.225 e. The second-order valence-electron chi connectivity index (χ2n) is 6.10. The number of aromatic hydroxyl groups is 1. The first-order valence-electron chi connectivity index (χ1n) is 7.96. The number of hydrogen-bond donors (Lipinski definition) is 2. The predicted molar refractivity (Wildman–Crippen MR) is 101 cm³/mol. The van der Waals surface area contributed by atoms with Crippen molar-refractivity contribution in [2.24, 2.45) is 0 Å². The molecule has 2 N–H and O–H groups in total. The summed E-state index contributed by atoms with van der Waals surface area (Å²) >= 11 is 3.65. The van der Waals surface area contributed by atoms with Gasteiger partial charge in [-0.15, -0.1) is 0 Å². The minimum atomic E-state index is -0.124. The first-order chi connectivity index (χ1) is 12.1. The molecule has 25 heavy (non-hydrogen) atoms. The Kier molecular flexibility index (Phi) is 3.88. The van der Waals surface area contributed by atoms with Crippen LogP contribution in [-0.2, 0) is 4.79 Å². The van der Waals surface area contributed by atoms with Crippen LogP contribution in [0.25, 0.3) is 10.8 Å². The number of benzene rings is 3. The number of carbonyl (C=O) groups is 1. The lowest BCUT2D eigenvalue weighted by atomic mass is 9.83. The van der Waals surface area contributed by atoms with E-state index in [2.05, 4.69) is 27.3 Å². The molecule has 0 fully saturated rings. The van der Waals surface area contributed by atoms with Crippen LogP contribution in [0.5, 0.6) is 11.5 Å². The van der Waals surface area contributed by atoms with Gasteiger partial charge in [0.25, 0.3) is 0 Å². The van der Waals surface area contributed by atoms with Crippen LogP contribution in [0.1, 0.15) is 23.5 Å². The predicted octanol–water partition coefficient (Wildman–Crippen LogP) is 4.79. The number of hydrogen-bond acceptors (Lipinski definition) is 3. The SMILES string of the molecule is COc1ccc(C2CC(=O)Nc3c2cc(Br)c2ccccc32)cc1O. The highest BCUT2D eigenvalue weighted by Crippen LogP contribution is 2.44. The van der Waals surface area contributed by atoms with Crippen molar-refractivity contribution in [3.05, 3.63) is 64.1 Å². The third-order valence-corrected chi connectivity index (χ3v) is 5.32. The highest BCUT2D eigenvalue weighted by Gasteiger charge is 2.29. The van der Waals surface area contributed by atoms with Crippen LogP contribution >= 0.6 is 15.9 Å². The zero-order valence-electron chi connectivity index (χ0n) is 13.5. The molecule has 0 aliphatic carbocycles. The van der Waals surface area contributed by atoms with E-state index in [4.69, 9.17) is 4.74 Å². The van der Waals surface area contributed by atoms with Gasteiger partial charge in [-0.1, -0.05) is 46.3 Å². The summed E-state index contributed by atoms with van der Waals surface area (Å²) in [6.07, 6.45) is 0.337. The first-order valence-corrected chi connectivity index (χ1v) is 8.75. The fraction of sp³-hybridized carbons (Fsp3) is 0.150.